The van der Waals surface area contributed by atoms with E-state index in [1.54, 1.807) is 6.07 Å². The molecule has 3 aromatic rings. The summed E-state index contributed by atoms with van der Waals surface area (Å²) >= 11 is 0. The van der Waals surface area contributed by atoms with Crippen molar-refractivity contribution < 1.29 is 13.2 Å². The van der Waals surface area contributed by atoms with Crippen LogP contribution >= 0.6 is 0 Å². The average Bonchev–Trinajstić information content (AvgIpc) is 3.20. The van der Waals surface area contributed by atoms with Crippen LogP contribution in [0.4, 0.5) is 5.69 Å². The number of hydrogen-bond donors (Lipinski definition) is 2. The van der Waals surface area contributed by atoms with Gasteiger partial charge in [-0.2, -0.15) is 9.40 Å². The van der Waals surface area contributed by atoms with Gasteiger partial charge in [0.2, 0.25) is 15.9 Å². The molecule has 0 saturated carbocycles. The Balaban J connectivity index is 1.40. The van der Waals surface area contributed by atoms with E-state index in [9.17, 15) is 13.2 Å². The highest BCUT2D eigenvalue weighted by atomic mass is 32.2. The quantitative estimate of drug-likeness (QED) is 0.615. The Labute approximate surface area is 188 Å². The van der Waals surface area contributed by atoms with Crippen molar-refractivity contribution in [3.63, 3.8) is 0 Å². The van der Waals surface area contributed by atoms with Gasteiger partial charge in [0.15, 0.2) is 5.82 Å². The van der Waals surface area contributed by atoms with Crippen LogP contribution in [0.15, 0.2) is 47.4 Å². The number of H-pyrrole nitrogens is 1. The van der Waals surface area contributed by atoms with Crippen LogP contribution in [0, 0.1) is 26.7 Å². The van der Waals surface area contributed by atoms with Crippen LogP contribution < -0.4 is 5.32 Å². The summed E-state index contributed by atoms with van der Waals surface area (Å²) < 4.78 is 27.6. The van der Waals surface area contributed by atoms with Crippen LogP contribution in [-0.2, 0) is 14.8 Å². The number of nitrogens with zero attached hydrogens (tertiary/aromatic N) is 3. The zero-order valence-electron chi connectivity index (χ0n) is 18.4. The second-order valence-electron chi connectivity index (χ2n) is 8.26. The van der Waals surface area contributed by atoms with Gasteiger partial charge in [-0.15, -0.1) is 0 Å². The first-order valence-corrected chi connectivity index (χ1v) is 12.1. The highest BCUT2D eigenvalue weighted by molar-refractivity contribution is 7.89. The molecular formula is C23H27N5O3S. The lowest BCUT2D eigenvalue weighted by atomic mass is 9.97. The molecule has 8 nitrogen and oxygen atoms in total. The molecule has 168 valence electrons. The molecule has 0 atom stereocenters. The fourth-order valence-corrected chi connectivity index (χ4v) is 5.71. The Morgan fingerprint density at radius 1 is 1.09 bits per heavy atom. The second-order valence-corrected chi connectivity index (χ2v) is 10.2. The number of sulfonamides is 1. The number of carbonyl (C=O) groups is 1. The van der Waals surface area contributed by atoms with E-state index in [0.29, 0.717) is 42.3 Å². The summed E-state index contributed by atoms with van der Waals surface area (Å²) in [7, 11) is -3.57. The molecule has 0 bridgehead atoms. The van der Waals surface area contributed by atoms with Gasteiger partial charge >= 0.3 is 0 Å². The molecule has 0 spiro atoms. The molecule has 2 heterocycles. The number of amides is 1. The number of piperidine rings is 1. The summed E-state index contributed by atoms with van der Waals surface area (Å²) in [5.74, 6) is 0.951. The van der Waals surface area contributed by atoms with Crippen LogP contribution in [-0.4, -0.2) is 46.9 Å². The molecule has 1 aromatic heterocycles. The summed E-state index contributed by atoms with van der Waals surface area (Å²) in [6.45, 7) is 6.23. The third-order valence-corrected chi connectivity index (χ3v) is 7.82. The summed E-state index contributed by atoms with van der Waals surface area (Å²) in [6.07, 6.45) is 0.964. The maximum atomic E-state index is 13.1. The van der Waals surface area contributed by atoms with Crippen molar-refractivity contribution in [1.82, 2.24) is 19.5 Å². The minimum absolute atomic E-state index is 0.100. The lowest BCUT2D eigenvalue weighted by Crippen LogP contribution is -2.41. The molecule has 1 aliphatic rings. The molecule has 0 aliphatic carbocycles. The summed E-state index contributed by atoms with van der Waals surface area (Å²) in [4.78, 5) is 17.5. The maximum absolute atomic E-state index is 13.1. The molecule has 4 rings (SSSR count). The Morgan fingerprint density at radius 2 is 1.84 bits per heavy atom. The van der Waals surface area contributed by atoms with Crippen molar-refractivity contribution in [2.75, 3.05) is 18.4 Å². The van der Waals surface area contributed by atoms with Crippen molar-refractivity contribution >= 4 is 21.6 Å². The molecule has 9 heteroatoms. The van der Waals surface area contributed by atoms with Crippen LogP contribution in [0.2, 0.25) is 0 Å². The lowest BCUT2D eigenvalue weighted by molar-refractivity contribution is -0.120. The Hall–Kier alpha value is -3.04. The highest BCUT2D eigenvalue weighted by Gasteiger charge is 2.32. The van der Waals surface area contributed by atoms with E-state index in [-0.39, 0.29) is 11.8 Å². The van der Waals surface area contributed by atoms with Gasteiger partial charge in [-0.25, -0.2) is 13.4 Å². The molecule has 0 radical (unpaired) electrons. The number of aromatic nitrogens is 3. The summed E-state index contributed by atoms with van der Waals surface area (Å²) in [5.41, 5.74) is 3.24. The van der Waals surface area contributed by atoms with E-state index in [1.807, 2.05) is 57.2 Å². The molecule has 1 aliphatic heterocycles. The van der Waals surface area contributed by atoms with Gasteiger partial charge in [-0.05, 0) is 57.4 Å². The van der Waals surface area contributed by atoms with Crippen LogP contribution in [0.1, 0.15) is 29.8 Å². The molecule has 2 N–H and O–H groups in total. The van der Waals surface area contributed by atoms with Gasteiger partial charge in [0.25, 0.3) is 0 Å². The molecule has 1 saturated heterocycles. The van der Waals surface area contributed by atoms with Gasteiger partial charge < -0.3 is 5.32 Å². The van der Waals surface area contributed by atoms with Crippen molar-refractivity contribution in [3.05, 3.63) is 59.4 Å². The molecular weight excluding hydrogens is 426 g/mol. The first kappa shape index (κ1) is 22.2. The third kappa shape index (κ3) is 4.58. The number of hydrogen-bond acceptors (Lipinski definition) is 5. The van der Waals surface area contributed by atoms with Gasteiger partial charge in [0, 0.05) is 30.3 Å². The standard InChI is InChI=1S/C23H27N5O3S/c1-15-7-8-21(16(2)13-15)32(30,31)28-11-9-18(10-12-28)23(29)25-20-6-4-5-19(14-20)22-24-17(3)26-27-22/h4-8,13-14,18H,9-12H2,1-3H3,(H,25,29)(H,24,26,27). The van der Waals surface area contributed by atoms with E-state index < -0.39 is 10.0 Å². The Kier molecular flexibility index (Phi) is 6.12. The fraction of sp³-hybridized carbons (Fsp3) is 0.348. The van der Waals surface area contributed by atoms with E-state index >= 15 is 0 Å². The van der Waals surface area contributed by atoms with Crippen molar-refractivity contribution in [2.24, 2.45) is 5.92 Å². The first-order chi connectivity index (χ1) is 15.2. The summed E-state index contributed by atoms with van der Waals surface area (Å²) in [5, 5.41) is 9.92. The van der Waals surface area contributed by atoms with Gasteiger partial charge in [-0.1, -0.05) is 29.8 Å². The fourth-order valence-electron chi connectivity index (χ4n) is 4.04. The number of carbonyl (C=O) groups excluding carboxylic acids is 1. The van der Waals surface area contributed by atoms with Crippen LogP contribution in [0.3, 0.4) is 0 Å². The van der Waals surface area contributed by atoms with E-state index in [1.165, 1.54) is 4.31 Å². The highest BCUT2D eigenvalue weighted by Crippen LogP contribution is 2.27. The second kappa shape index (κ2) is 8.84. The number of aromatic amines is 1. The monoisotopic (exact) mass is 453 g/mol. The van der Waals surface area contributed by atoms with Crippen molar-refractivity contribution in [2.45, 2.75) is 38.5 Å². The number of rotatable bonds is 5. The molecule has 0 unspecified atom stereocenters. The third-order valence-electron chi connectivity index (χ3n) is 5.76. The van der Waals surface area contributed by atoms with E-state index in [0.717, 1.165) is 22.5 Å². The number of benzene rings is 2. The van der Waals surface area contributed by atoms with Gasteiger partial charge in [0.1, 0.15) is 5.82 Å². The average molecular weight is 454 g/mol. The predicted octanol–water partition coefficient (Wildman–Crippen LogP) is 3.44. The Bertz CT molecular complexity index is 1240. The molecule has 32 heavy (non-hydrogen) atoms. The number of aryl methyl sites for hydroxylation is 3. The number of anilines is 1. The minimum atomic E-state index is -3.57. The zero-order chi connectivity index (χ0) is 22.9. The molecule has 1 fully saturated rings. The summed E-state index contributed by atoms with van der Waals surface area (Å²) in [6, 6.07) is 12.7. The minimum Gasteiger partial charge on any atom is -0.326 e. The normalized spacial score (nSPS) is 15.6. The first-order valence-electron chi connectivity index (χ1n) is 10.6. The lowest BCUT2D eigenvalue weighted by Gasteiger charge is -2.31. The largest absolute Gasteiger partial charge is 0.326 e. The topological polar surface area (TPSA) is 108 Å². The maximum Gasteiger partial charge on any atom is 0.243 e. The zero-order valence-corrected chi connectivity index (χ0v) is 19.2. The van der Waals surface area contributed by atoms with Crippen molar-refractivity contribution in [3.8, 4) is 11.4 Å². The van der Waals surface area contributed by atoms with E-state index in [4.69, 9.17) is 0 Å². The van der Waals surface area contributed by atoms with E-state index in [2.05, 4.69) is 20.5 Å². The Morgan fingerprint density at radius 3 is 2.50 bits per heavy atom. The van der Waals surface area contributed by atoms with Crippen LogP contribution in [0.5, 0.6) is 0 Å². The van der Waals surface area contributed by atoms with Gasteiger partial charge in [-0.3, -0.25) is 9.89 Å². The van der Waals surface area contributed by atoms with Crippen molar-refractivity contribution in [1.29, 1.82) is 0 Å². The molecule has 1 amide bonds. The SMILES string of the molecule is Cc1ccc(S(=O)(=O)N2CCC(C(=O)Nc3cccc(-c4n[nH]c(C)n4)c3)CC2)c(C)c1. The molecule has 2 aromatic carbocycles. The predicted molar refractivity (Wildman–Crippen MR) is 123 cm³/mol. The van der Waals surface area contributed by atoms with Crippen LogP contribution in [0.25, 0.3) is 11.4 Å². The van der Waals surface area contributed by atoms with Gasteiger partial charge in [0.05, 0.1) is 4.90 Å². The smallest absolute Gasteiger partial charge is 0.243 e. The number of nitrogens with one attached hydrogen (secondary N) is 2.